The quantitative estimate of drug-likeness (QED) is 0.442. The Hall–Kier alpha value is -3.92. The highest BCUT2D eigenvalue weighted by Gasteiger charge is 2.48. The molecule has 2 aliphatic heterocycles. The van der Waals surface area contributed by atoms with Gasteiger partial charge < -0.3 is 28.9 Å². The first-order chi connectivity index (χ1) is 20.0. The van der Waals surface area contributed by atoms with Crippen LogP contribution in [0.3, 0.4) is 0 Å². The van der Waals surface area contributed by atoms with Crippen LogP contribution in [0, 0.1) is 0 Å². The highest BCUT2D eigenvalue weighted by atomic mass is 19.3. The predicted molar refractivity (Wildman–Crippen MR) is 149 cm³/mol. The summed E-state index contributed by atoms with van der Waals surface area (Å²) >= 11 is 0. The molecule has 2 N–H and O–H groups in total. The van der Waals surface area contributed by atoms with Gasteiger partial charge in [0.2, 0.25) is 11.8 Å². The molecule has 4 heterocycles. The maximum atomic E-state index is 15.0. The molecule has 4 rings (SSSR count). The van der Waals surface area contributed by atoms with E-state index in [9.17, 15) is 9.59 Å². The summed E-state index contributed by atoms with van der Waals surface area (Å²) in [6.07, 6.45) is 4.04. The number of nitrogens with one attached hydrogen (secondary N) is 2. The van der Waals surface area contributed by atoms with Crippen molar-refractivity contribution in [1.82, 2.24) is 29.7 Å². The molecule has 2 fully saturated rings. The lowest BCUT2D eigenvalue weighted by molar-refractivity contribution is -0.0760. The molecular formula is C26H37F2N9O5. The van der Waals surface area contributed by atoms with Crippen molar-refractivity contribution in [2.75, 3.05) is 76.1 Å². The number of nitrogens with zero attached hydrogens (tertiary/aromatic N) is 7. The van der Waals surface area contributed by atoms with Crippen LogP contribution in [0.4, 0.5) is 36.0 Å². The molecule has 42 heavy (non-hydrogen) atoms. The van der Waals surface area contributed by atoms with Crippen molar-refractivity contribution >= 4 is 29.7 Å². The number of hydrogen-bond donors (Lipinski definition) is 2. The number of likely N-dealkylation sites (N-methyl/N-ethyl adjacent to an activating group) is 1. The summed E-state index contributed by atoms with van der Waals surface area (Å²) in [7, 11) is 4.84. The van der Waals surface area contributed by atoms with Gasteiger partial charge in [-0.1, -0.05) is 0 Å². The normalized spacial score (nSPS) is 20.0. The van der Waals surface area contributed by atoms with E-state index in [4.69, 9.17) is 14.2 Å². The van der Waals surface area contributed by atoms with E-state index in [1.807, 2.05) is 7.05 Å². The van der Waals surface area contributed by atoms with Crippen LogP contribution in [-0.4, -0.2) is 120 Å². The second-order valence-corrected chi connectivity index (χ2v) is 10.4. The number of likely N-dealkylation sites (tertiary alicyclic amines) is 1. The van der Waals surface area contributed by atoms with Crippen LogP contribution in [-0.2, 0) is 9.47 Å². The number of piperidine rings is 2. The van der Waals surface area contributed by atoms with E-state index >= 15 is 8.78 Å². The minimum absolute atomic E-state index is 0.0539. The Balaban J connectivity index is 1.40. The van der Waals surface area contributed by atoms with E-state index in [1.54, 1.807) is 18.9 Å². The molecule has 0 aromatic carbocycles. The Morgan fingerprint density at radius 1 is 1.10 bits per heavy atom. The molecule has 14 nitrogen and oxygen atoms in total. The first-order valence-electron chi connectivity index (χ1n) is 13.7. The van der Waals surface area contributed by atoms with Gasteiger partial charge in [0.15, 0.2) is 5.82 Å². The zero-order chi connectivity index (χ0) is 30.3. The summed E-state index contributed by atoms with van der Waals surface area (Å²) < 4.78 is 46.4. The monoisotopic (exact) mass is 593 g/mol. The van der Waals surface area contributed by atoms with E-state index in [0.717, 1.165) is 18.0 Å². The summed E-state index contributed by atoms with van der Waals surface area (Å²) in [6.45, 7) is 3.67. The van der Waals surface area contributed by atoms with Gasteiger partial charge in [0.1, 0.15) is 17.5 Å². The van der Waals surface area contributed by atoms with Crippen LogP contribution in [0.5, 0.6) is 5.88 Å². The van der Waals surface area contributed by atoms with Gasteiger partial charge in [0.25, 0.3) is 5.92 Å². The fourth-order valence-electron chi connectivity index (χ4n) is 4.88. The van der Waals surface area contributed by atoms with Gasteiger partial charge in [-0.25, -0.2) is 33.3 Å². The molecule has 2 aliphatic rings. The third-order valence-electron chi connectivity index (χ3n) is 7.31. The Morgan fingerprint density at radius 3 is 2.52 bits per heavy atom. The number of carbonyl (C=O) groups excluding carboxylic acids is 2. The minimum atomic E-state index is -3.17. The smallest absolute Gasteiger partial charge is 0.413 e. The van der Waals surface area contributed by atoms with Gasteiger partial charge in [-0.05, 0) is 20.0 Å². The van der Waals surface area contributed by atoms with Crippen molar-refractivity contribution in [2.24, 2.45) is 0 Å². The molecule has 2 saturated heterocycles. The number of amides is 3. The molecule has 0 unspecified atom stereocenters. The fraction of sp³-hybridized carbons (Fsp3) is 0.615. The molecule has 0 saturated carbocycles. The molecule has 0 aliphatic carbocycles. The molecule has 0 spiro atoms. The summed E-state index contributed by atoms with van der Waals surface area (Å²) in [6, 6.07) is -0.793. The molecular weight excluding hydrogens is 556 g/mol. The lowest BCUT2D eigenvalue weighted by Crippen LogP contribution is -2.60. The molecule has 3 amide bonds. The highest BCUT2D eigenvalue weighted by molar-refractivity contribution is 5.88. The summed E-state index contributed by atoms with van der Waals surface area (Å²) in [5.74, 6) is -2.52. The number of anilines is 3. The Bertz CT molecular complexity index is 1210. The van der Waals surface area contributed by atoms with Crippen LogP contribution >= 0.6 is 0 Å². The Kier molecular flexibility index (Phi) is 9.88. The number of aromatic nitrogens is 4. The topological polar surface area (TPSA) is 147 Å². The molecule has 2 aromatic rings. The van der Waals surface area contributed by atoms with Crippen molar-refractivity contribution in [2.45, 2.75) is 43.8 Å². The molecule has 0 bridgehead atoms. The number of carbonyl (C=O) groups is 2. The van der Waals surface area contributed by atoms with E-state index < -0.39 is 36.1 Å². The SMILES string of the molecule is CCOc1cnc(NC(=O)N(C)[C@H]2CN(c3nccc(NC(=O)OC4(COC)CCN(C)CC4)n3)CCC2(F)F)cn1. The number of halogens is 2. The molecule has 2 aromatic heterocycles. The molecule has 16 heteroatoms. The van der Waals surface area contributed by atoms with Crippen LogP contribution in [0.25, 0.3) is 0 Å². The third-order valence-corrected chi connectivity index (χ3v) is 7.31. The second kappa shape index (κ2) is 13.4. The van der Waals surface area contributed by atoms with Crippen LogP contribution in [0.15, 0.2) is 24.7 Å². The second-order valence-electron chi connectivity index (χ2n) is 10.4. The first kappa shape index (κ1) is 31.0. The lowest BCUT2D eigenvalue weighted by atomic mass is 9.92. The Labute approximate surface area is 242 Å². The highest BCUT2D eigenvalue weighted by Crippen LogP contribution is 2.33. The van der Waals surface area contributed by atoms with Gasteiger partial charge in [0, 0.05) is 65.8 Å². The van der Waals surface area contributed by atoms with Crippen LogP contribution < -0.4 is 20.3 Å². The molecule has 1 atom stereocenters. The van der Waals surface area contributed by atoms with Gasteiger partial charge in [-0.2, -0.15) is 4.98 Å². The minimum Gasteiger partial charge on any atom is -0.477 e. The van der Waals surface area contributed by atoms with Crippen molar-refractivity contribution < 1.29 is 32.6 Å². The zero-order valence-electron chi connectivity index (χ0n) is 24.2. The fourth-order valence-corrected chi connectivity index (χ4v) is 4.88. The van der Waals surface area contributed by atoms with Crippen LogP contribution in [0.1, 0.15) is 26.2 Å². The maximum absolute atomic E-state index is 15.0. The predicted octanol–water partition coefficient (Wildman–Crippen LogP) is 2.70. The maximum Gasteiger partial charge on any atom is 0.413 e. The number of rotatable bonds is 9. The van der Waals surface area contributed by atoms with Gasteiger partial charge in [-0.15, -0.1) is 0 Å². The Morgan fingerprint density at radius 2 is 1.86 bits per heavy atom. The molecule has 0 radical (unpaired) electrons. The average Bonchev–Trinajstić information content (AvgIpc) is 2.95. The molecule has 230 valence electrons. The number of urea groups is 1. The van der Waals surface area contributed by atoms with Crippen molar-refractivity contribution in [3.8, 4) is 5.88 Å². The summed E-state index contributed by atoms with van der Waals surface area (Å²) in [5, 5.41) is 5.10. The van der Waals surface area contributed by atoms with Gasteiger partial charge in [-0.3, -0.25) is 10.6 Å². The van der Waals surface area contributed by atoms with Crippen LogP contribution in [0.2, 0.25) is 0 Å². The number of alkyl halides is 2. The number of methoxy groups -OCH3 is 1. The zero-order valence-corrected chi connectivity index (χ0v) is 24.2. The van der Waals surface area contributed by atoms with E-state index in [2.05, 4.69) is 35.5 Å². The van der Waals surface area contributed by atoms with E-state index in [0.29, 0.717) is 19.4 Å². The summed E-state index contributed by atoms with van der Waals surface area (Å²) in [5.41, 5.74) is -0.755. The standard InChI is InChI=1S/C26H37F2N9O5/c1-5-41-21-15-30-20(14-31-21)33-23(38)36(3)18-16-37(13-9-26(18,27)28)22-29-10-6-19(32-22)34-24(39)42-25(17-40-4)7-11-35(2)12-8-25/h6,10,14-15,18H,5,7-9,11-13,16-17H2,1-4H3,(H,30,33,38)(H,29,32,34,39)/t18-/m0/s1. The van der Waals surface area contributed by atoms with Gasteiger partial charge >= 0.3 is 12.1 Å². The van der Waals surface area contributed by atoms with Crippen molar-refractivity contribution in [3.63, 3.8) is 0 Å². The summed E-state index contributed by atoms with van der Waals surface area (Å²) in [4.78, 5) is 46.9. The first-order valence-corrected chi connectivity index (χ1v) is 13.7. The number of ether oxygens (including phenoxy) is 3. The third kappa shape index (κ3) is 7.67. The van der Waals surface area contributed by atoms with E-state index in [1.165, 1.54) is 31.7 Å². The van der Waals surface area contributed by atoms with Crippen molar-refractivity contribution in [3.05, 3.63) is 24.7 Å². The lowest BCUT2D eigenvalue weighted by Gasteiger charge is -2.42. The van der Waals surface area contributed by atoms with Gasteiger partial charge in [0.05, 0.1) is 25.6 Å². The van der Waals surface area contributed by atoms with E-state index in [-0.39, 0.29) is 43.2 Å². The number of hydrogen-bond acceptors (Lipinski definition) is 11. The van der Waals surface area contributed by atoms with Crippen molar-refractivity contribution in [1.29, 1.82) is 0 Å². The largest absolute Gasteiger partial charge is 0.477 e. The average molecular weight is 594 g/mol.